The summed E-state index contributed by atoms with van der Waals surface area (Å²) in [6, 6.07) is 3.78. The first-order valence-electron chi connectivity index (χ1n) is 5.68. The van der Waals surface area contributed by atoms with Gasteiger partial charge in [0.05, 0.1) is 18.8 Å². The highest BCUT2D eigenvalue weighted by atomic mass is 16.5. The molecule has 16 heavy (non-hydrogen) atoms. The van der Waals surface area contributed by atoms with Crippen molar-refractivity contribution in [2.75, 3.05) is 24.6 Å². The van der Waals surface area contributed by atoms with Gasteiger partial charge in [0.25, 0.3) is 0 Å². The molecule has 1 aromatic rings. The lowest BCUT2D eigenvalue weighted by molar-refractivity contribution is 0.0526. The van der Waals surface area contributed by atoms with Crippen molar-refractivity contribution in [3.8, 4) is 0 Å². The van der Waals surface area contributed by atoms with E-state index in [0.29, 0.717) is 0 Å². The van der Waals surface area contributed by atoms with Crippen LogP contribution in [0.2, 0.25) is 0 Å². The van der Waals surface area contributed by atoms with Gasteiger partial charge in [0.15, 0.2) is 0 Å². The molecule has 1 N–H and O–H groups in total. The van der Waals surface area contributed by atoms with Crippen molar-refractivity contribution in [2.45, 2.75) is 26.1 Å². The molecule has 1 fully saturated rings. The highest BCUT2D eigenvalue weighted by molar-refractivity contribution is 5.48. The van der Waals surface area contributed by atoms with Crippen molar-refractivity contribution in [3.05, 3.63) is 23.9 Å². The molecule has 0 aromatic carbocycles. The van der Waals surface area contributed by atoms with Crippen LogP contribution in [-0.4, -0.2) is 35.9 Å². The van der Waals surface area contributed by atoms with E-state index in [-0.39, 0.29) is 6.10 Å². The lowest BCUT2D eigenvalue weighted by atomic mass is 10.1. The van der Waals surface area contributed by atoms with Crippen LogP contribution in [0.5, 0.6) is 0 Å². The number of aliphatic hydroxyl groups excluding tert-OH is 1. The summed E-state index contributed by atoms with van der Waals surface area (Å²) in [5.74, 6) is 0.882. The maximum absolute atomic E-state index is 9.70. The molecule has 1 aliphatic rings. The zero-order chi connectivity index (χ0) is 11.5. The van der Waals surface area contributed by atoms with E-state index in [1.165, 1.54) is 0 Å². The third-order valence-corrected chi connectivity index (χ3v) is 2.81. The van der Waals surface area contributed by atoms with E-state index < -0.39 is 6.10 Å². The van der Waals surface area contributed by atoms with Gasteiger partial charge >= 0.3 is 0 Å². The summed E-state index contributed by atoms with van der Waals surface area (Å²) in [4.78, 5) is 6.55. The first kappa shape index (κ1) is 11.4. The van der Waals surface area contributed by atoms with E-state index in [1.54, 1.807) is 13.1 Å². The van der Waals surface area contributed by atoms with Crippen molar-refractivity contribution < 1.29 is 9.84 Å². The largest absolute Gasteiger partial charge is 0.389 e. The predicted molar refractivity (Wildman–Crippen MR) is 62.5 cm³/mol. The van der Waals surface area contributed by atoms with E-state index in [2.05, 4.69) is 16.8 Å². The van der Waals surface area contributed by atoms with Crippen LogP contribution in [0.25, 0.3) is 0 Å². The van der Waals surface area contributed by atoms with Crippen LogP contribution in [0.4, 0.5) is 5.82 Å². The molecule has 1 aromatic heterocycles. The second-order valence-electron chi connectivity index (χ2n) is 4.22. The fourth-order valence-corrected chi connectivity index (χ4v) is 2.01. The molecule has 2 heterocycles. The van der Waals surface area contributed by atoms with Gasteiger partial charge < -0.3 is 14.7 Å². The molecule has 2 rings (SSSR count). The maximum Gasteiger partial charge on any atom is 0.134 e. The first-order valence-corrected chi connectivity index (χ1v) is 5.68. The molecule has 0 aliphatic carbocycles. The summed E-state index contributed by atoms with van der Waals surface area (Å²) < 4.78 is 5.50. The molecule has 2 atom stereocenters. The van der Waals surface area contributed by atoms with Gasteiger partial charge in [-0.3, -0.25) is 0 Å². The summed E-state index contributed by atoms with van der Waals surface area (Å²) in [5, 5.41) is 9.70. The number of ether oxygens (including phenoxy) is 1. The molecule has 4 nitrogen and oxygen atoms in total. The first-order chi connectivity index (χ1) is 7.68. The summed E-state index contributed by atoms with van der Waals surface area (Å²) >= 11 is 0. The number of hydrogen-bond acceptors (Lipinski definition) is 4. The average Bonchev–Trinajstić information content (AvgIpc) is 2.29. The Hall–Kier alpha value is -1.13. The standard InChI is InChI=1S/C12H18N2O2/c1-9-8-14(6-7-16-9)12-11(10(2)15)4-3-5-13-12/h3-5,9-10,15H,6-8H2,1-2H3/t9?,10-/m1/s1. The number of anilines is 1. The van der Waals surface area contributed by atoms with Gasteiger partial charge in [-0.2, -0.15) is 0 Å². The van der Waals surface area contributed by atoms with Crippen LogP contribution < -0.4 is 4.90 Å². The summed E-state index contributed by atoms with van der Waals surface area (Å²) in [6.07, 6.45) is 1.50. The highest BCUT2D eigenvalue weighted by Gasteiger charge is 2.21. The van der Waals surface area contributed by atoms with Crippen LogP contribution >= 0.6 is 0 Å². The van der Waals surface area contributed by atoms with E-state index in [1.807, 2.05) is 12.1 Å². The van der Waals surface area contributed by atoms with Crippen molar-refractivity contribution in [3.63, 3.8) is 0 Å². The van der Waals surface area contributed by atoms with Gasteiger partial charge in [-0.05, 0) is 19.9 Å². The topological polar surface area (TPSA) is 45.6 Å². The molecule has 1 aliphatic heterocycles. The summed E-state index contributed by atoms with van der Waals surface area (Å²) in [5.41, 5.74) is 0.886. The van der Waals surface area contributed by atoms with Crippen LogP contribution in [0.1, 0.15) is 25.5 Å². The highest BCUT2D eigenvalue weighted by Crippen LogP contribution is 2.24. The quantitative estimate of drug-likeness (QED) is 0.820. The van der Waals surface area contributed by atoms with Crippen molar-refractivity contribution in [1.29, 1.82) is 0 Å². The van der Waals surface area contributed by atoms with Gasteiger partial charge in [-0.25, -0.2) is 4.98 Å². The second kappa shape index (κ2) is 4.80. The monoisotopic (exact) mass is 222 g/mol. The van der Waals surface area contributed by atoms with Crippen LogP contribution in [0, 0.1) is 0 Å². The Morgan fingerprint density at radius 3 is 3.12 bits per heavy atom. The number of aromatic nitrogens is 1. The third kappa shape index (κ3) is 2.33. The number of hydrogen-bond donors (Lipinski definition) is 1. The Bertz CT molecular complexity index is 355. The van der Waals surface area contributed by atoms with E-state index in [4.69, 9.17) is 4.74 Å². The number of rotatable bonds is 2. The Labute approximate surface area is 95.9 Å². The van der Waals surface area contributed by atoms with Gasteiger partial charge in [-0.1, -0.05) is 6.07 Å². The van der Waals surface area contributed by atoms with Crippen molar-refractivity contribution in [2.24, 2.45) is 0 Å². The van der Waals surface area contributed by atoms with Gasteiger partial charge in [-0.15, -0.1) is 0 Å². The number of nitrogens with zero attached hydrogens (tertiary/aromatic N) is 2. The van der Waals surface area contributed by atoms with Crippen LogP contribution in [0.3, 0.4) is 0 Å². The third-order valence-electron chi connectivity index (χ3n) is 2.81. The molecule has 88 valence electrons. The zero-order valence-corrected chi connectivity index (χ0v) is 9.76. The summed E-state index contributed by atoms with van der Waals surface area (Å²) in [6.45, 7) is 6.20. The molecule has 0 radical (unpaired) electrons. The molecule has 4 heteroatoms. The zero-order valence-electron chi connectivity index (χ0n) is 9.76. The van der Waals surface area contributed by atoms with Crippen molar-refractivity contribution >= 4 is 5.82 Å². The molecule has 0 bridgehead atoms. The van der Waals surface area contributed by atoms with E-state index >= 15 is 0 Å². The van der Waals surface area contributed by atoms with Gasteiger partial charge in [0.1, 0.15) is 5.82 Å². The minimum Gasteiger partial charge on any atom is -0.389 e. The number of morpholine rings is 1. The predicted octanol–water partition coefficient (Wildman–Crippen LogP) is 1.36. The van der Waals surface area contributed by atoms with Crippen LogP contribution in [0.15, 0.2) is 18.3 Å². The van der Waals surface area contributed by atoms with E-state index in [9.17, 15) is 5.11 Å². The lowest BCUT2D eigenvalue weighted by Gasteiger charge is -2.33. The molecular formula is C12H18N2O2. The van der Waals surface area contributed by atoms with Gasteiger partial charge in [0, 0.05) is 24.8 Å². The van der Waals surface area contributed by atoms with Crippen molar-refractivity contribution in [1.82, 2.24) is 4.98 Å². The van der Waals surface area contributed by atoms with Gasteiger partial charge in [0.2, 0.25) is 0 Å². The Morgan fingerprint density at radius 1 is 1.62 bits per heavy atom. The fraction of sp³-hybridized carbons (Fsp3) is 0.583. The molecule has 1 saturated heterocycles. The van der Waals surface area contributed by atoms with Crippen LogP contribution in [-0.2, 0) is 4.74 Å². The molecule has 0 spiro atoms. The maximum atomic E-state index is 9.70. The minimum absolute atomic E-state index is 0.220. The number of pyridine rings is 1. The smallest absolute Gasteiger partial charge is 0.134 e. The normalized spacial score (nSPS) is 23.2. The Morgan fingerprint density at radius 2 is 2.44 bits per heavy atom. The minimum atomic E-state index is -0.484. The Kier molecular flexibility index (Phi) is 3.41. The second-order valence-corrected chi connectivity index (χ2v) is 4.22. The SMILES string of the molecule is CC1CN(c2ncccc2[C@@H](C)O)CCO1. The molecule has 1 unspecified atom stereocenters. The fourth-order valence-electron chi connectivity index (χ4n) is 2.01. The average molecular weight is 222 g/mol. The summed E-state index contributed by atoms with van der Waals surface area (Å²) in [7, 11) is 0. The molecule has 0 saturated carbocycles. The Balaban J connectivity index is 2.25. The molecule has 0 amide bonds. The lowest BCUT2D eigenvalue weighted by Crippen LogP contribution is -2.42. The molecular weight excluding hydrogens is 204 g/mol. The van der Waals surface area contributed by atoms with E-state index in [0.717, 1.165) is 31.1 Å². The number of aliphatic hydroxyl groups is 1.